The monoisotopic (exact) mass is 451 g/mol. The van der Waals surface area contributed by atoms with Gasteiger partial charge in [0.1, 0.15) is 17.8 Å². The van der Waals surface area contributed by atoms with Crippen molar-refractivity contribution in [3.05, 3.63) is 18.6 Å². The summed E-state index contributed by atoms with van der Waals surface area (Å²) in [6, 6.07) is 2.31. The van der Waals surface area contributed by atoms with E-state index in [9.17, 15) is 18.6 Å². The summed E-state index contributed by atoms with van der Waals surface area (Å²) < 4.78 is 27.6. The van der Waals surface area contributed by atoms with Crippen LogP contribution in [-0.4, -0.2) is 83.0 Å². The molecular formula is C21H33N5O4S. The number of aliphatic hydroxyl groups is 2. The highest BCUT2D eigenvalue weighted by atomic mass is 32.2. The van der Waals surface area contributed by atoms with E-state index >= 15 is 0 Å². The number of sulfonamides is 1. The second-order valence-electron chi connectivity index (χ2n) is 9.22. The van der Waals surface area contributed by atoms with E-state index in [4.69, 9.17) is 0 Å². The van der Waals surface area contributed by atoms with E-state index in [1.807, 2.05) is 12.3 Å². The molecule has 0 radical (unpaired) electrons. The van der Waals surface area contributed by atoms with Gasteiger partial charge in [-0.2, -0.15) is 0 Å². The zero-order valence-electron chi connectivity index (χ0n) is 18.1. The molecule has 9 nitrogen and oxygen atoms in total. The summed E-state index contributed by atoms with van der Waals surface area (Å²) >= 11 is 0. The van der Waals surface area contributed by atoms with Crippen molar-refractivity contribution in [3.63, 3.8) is 0 Å². The summed E-state index contributed by atoms with van der Waals surface area (Å²) in [7, 11) is -1.32. The van der Waals surface area contributed by atoms with Crippen LogP contribution < -0.4 is 4.90 Å². The average molecular weight is 452 g/mol. The number of anilines is 1. The molecule has 1 unspecified atom stereocenters. The standard InChI is InChI=1S/C21H33N5O4S/c1-25(20-18-6-9-22-19(18)23-15-24-20)17-4-2-16(3-5-17)12-31(29,30)26-10-7-21(13-26,14-28)8-11-27/h6,9,15-17,27-28H,2-5,7-8,10-14H2,1H3,(H,22,23,24)/t16-,17-,21?. The molecule has 1 saturated heterocycles. The van der Waals surface area contributed by atoms with Gasteiger partial charge >= 0.3 is 0 Å². The first kappa shape index (κ1) is 22.4. The summed E-state index contributed by atoms with van der Waals surface area (Å²) in [4.78, 5) is 14.0. The first-order chi connectivity index (χ1) is 14.9. The van der Waals surface area contributed by atoms with E-state index in [0.717, 1.165) is 42.5 Å². The lowest BCUT2D eigenvalue weighted by Gasteiger charge is -2.36. The maximum Gasteiger partial charge on any atom is 0.214 e. The van der Waals surface area contributed by atoms with Crippen LogP contribution in [0, 0.1) is 11.3 Å². The number of fused-ring (bicyclic) bond motifs is 1. The molecule has 0 bridgehead atoms. The molecule has 0 spiro atoms. The summed E-state index contributed by atoms with van der Waals surface area (Å²) in [5, 5.41) is 20.0. The Morgan fingerprint density at radius 3 is 2.74 bits per heavy atom. The van der Waals surface area contributed by atoms with Gasteiger partial charge in [0.05, 0.1) is 17.7 Å². The number of nitrogens with zero attached hydrogens (tertiary/aromatic N) is 4. The Morgan fingerprint density at radius 1 is 1.26 bits per heavy atom. The molecule has 2 aliphatic rings. The minimum absolute atomic E-state index is 0.0344. The Bertz CT molecular complexity index is 989. The minimum atomic E-state index is -3.37. The highest BCUT2D eigenvalue weighted by Gasteiger charge is 2.42. The van der Waals surface area contributed by atoms with Gasteiger partial charge in [-0.25, -0.2) is 22.7 Å². The molecule has 1 aliphatic heterocycles. The Hall–Kier alpha value is -1.75. The third-order valence-electron chi connectivity index (χ3n) is 7.25. The van der Waals surface area contributed by atoms with Crippen molar-refractivity contribution < 1.29 is 18.6 Å². The maximum atomic E-state index is 13.0. The number of hydrogen-bond acceptors (Lipinski definition) is 7. The second kappa shape index (κ2) is 9.01. The highest BCUT2D eigenvalue weighted by molar-refractivity contribution is 7.89. The Balaban J connectivity index is 1.34. The Labute approximate surface area is 183 Å². The quantitative estimate of drug-likeness (QED) is 0.554. The molecule has 2 fully saturated rings. The van der Waals surface area contributed by atoms with Gasteiger partial charge in [-0.05, 0) is 50.5 Å². The zero-order valence-corrected chi connectivity index (χ0v) is 18.9. The molecule has 3 N–H and O–H groups in total. The van der Waals surface area contributed by atoms with Crippen molar-refractivity contribution in [2.45, 2.75) is 44.6 Å². The van der Waals surface area contributed by atoms with Crippen LogP contribution >= 0.6 is 0 Å². The fraction of sp³-hybridized carbons (Fsp3) is 0.714. The molecule has 1 atom stereocenters. The summed E-state index contributed by atoms with van der Waals surface area (Å²) in [6.45, 7) is 0.619. The molecular weight excluding hydrogens is 418 g/mol. The second-order valence-corrected chi connectivity index (χ2v) is 11.2. The smallest absolute Gasteiger partial charge is 0.214 e. The highest BCUT2D eigenvalue weighted by Crippen LogP contribution is 2.37. The molecule has 4 rings (SSSR count). The van der Waals surface area contributed by atoms with Crippen molar-refractivity contribution in [2.75, 3.05) is 44.0 Å². The number of aliphatic hydroxyl groups excluding tert-OH is 2. The fourth-order valence-corrected chi connectivity index (χ4v) is 7.18. The lowest BCUT2D eigenvalue weighted by atomic mass is 9.85. The number of rotatable bonds is 8. The topological polar surface area (TPSA) is 123 Å². The average Bonchev–Trinajstić information content (AvgIpc) is 3.42. The zero-order chi connectivity index (χ0) is 22.1. The van der Waals surface area contributed by atoms with Gasteiger partial charge < -0.3 is 20.1 Å². The van der Waals surface area contributed by atoms with Gasteiger partial charge in [0.2, 0.25) is 10.0 Å². The van der Waals surface area contributed by atoms with Gasteiger partial charge in [0.25, 0.3) is 0 Å². The largest absolute Gasteiger partial charge is 0.396 e. The minimum Gasteiger partial charge on any atom is -0.396 e. The van der Waals surface area contributed by atoms with Crippen molar-refractivity contribution >= 4 is 26.9 Å². The number of aromatic amines is 1. The van der Waals surface area contributed by atoms with Gasteiger partial charge in [0.15, 0.2) is 0 Å². The molecule has 1 aliphatic carbocycles. The number of hydrogen-bond donors (Lipinski definition) is 3. The van der Waals surface area contributed by atoms with Crippen LogP contribution in [-0.2, 0) is 10.0 Å². The van der Waals surface area contributed by atoms with Crippen LogP contribution in [0.4, 0.5) is 5.82 Å². The molecule has 0 amide bonds. The lowest BCUT2D eigenvalue weighted by molar-refractivity contribution is 0.102. The predicted octanol–water partition coefficient (Wildman–Crippen LogP) is 1.35. The van der Waals surface area contributed by atoms with E-state index in [1.54, 1.807) is 6.33 Å². The first-order valence-electron chi connectivity index (χ1n) is 11.1. The molecule has 172 valence electrons. The molecule has 10 heteroatoms. The van der Waals surface area contributed by atoms with Crippen molar-refractivity contribution in [3.8, 4) is 0 Å². The van der Waals surface area contributed by atoms with Crippen LogP contribution in [0.3, 0.4) is 0 Å². The fourth-order valence-electron chi connectivity index (χ4n) is 5.20. The SMILES string of the molecule is CN(c1ncnc2[nH]ccc12)[C@H]1CC[C@H](CS(=O)(=O)N2CCC(CO)(CCO)C2)CC1. The van der Waals surface area contributed by atoms with E-state index < -0.39 is 15.4 Å². The molecule has 0 aromatic carbocycles. The number of nitrogens with one attached hydrogen (secondary N) is 1. The number of aromatic nitrogens is 3. The van der Waals surface area contributed by atoms with Crippen LogP contribution in [0.1, 0.15) is 38.5 Å². The normalized spacial score (nSPS) is 27.7. The van der Waals surface area contributed by atoms with E-state index in [1.165, 1.54) is 4.31 Å². The lowest BCUT2D eigenvalue weighted by Crippen LogP contribution is -2.40. The Kier molecular flexibility index (Phi) is 6.52. The molecule has 1 saturated carbocycles. The number of H-pyrrole nitrogens is 1. The van der Waals surface area contributed by atoms with E-state index in [2.05, 4.69) is 26.9 Å². The van der Waals surface area contributed by atoms with Crippen LogP contribution in [0.25, 0.3) is 11.0 Å². The molecule has 2 aromatic heterocycles. The first-order valence-corrected chi connectivity index (χ1v) is 12.7. The molecule has 3 heterocycles. The maximum absolute atomic E-state index is 13.0. The summed E-state index contributed by atoms with van der Waals surface area (Å²) in [6.07, 6.45) is 8.06. The van der Waals surface area contributed by atoms with Gasteiger partial charge in [0, 0.05) is 44.4 Å². The third-order valence-corrected chi connectivity index (χ3v) is 9.24. The van der Waals surface area contributed by atoms with Crippen LogP contribution in [0.15, 0.2) is 18.6 Å². The van der Waals surface area contributed by atoms with Crippen molar-refractivity contribution in [1.29, 1.82) is 0 Å². The third kappa shape index (κ3) is 4.57. The molecule has 31 heavy (non-hydrogen) atoms. The van der Waals surface area contributed by atoms with Crippen LogP contribution in [0.5, 0.6) is 0 Å². The summed E-state index contributed by atoms with van der Waals surface area (Å²) in [5.41, 5.74) is 0.325. The van der Waals surface area contributed by atoms with Gasteiger partial charge in [-0.3, -0.25) is 0 Å². The van der Waals surface area contributed by atoms with Crippen molar-refractivity contribution in [1.82, 2.24) is 19.3 Å². The Morgan fingerprint density at radius 2 is 2.03 bits per heavy atom. The summed E-state index contributed by atoms with van der Waals surface area (Å²) in [5.74, 6) is 1.22. The predicted molar refractivity (Wildman–Crippen MR) is 119 cm³/mol. The van der Waals surface area contributed by atoms with Gasteiger partial charge in [-0.15, -0.1) is 0 Å². The molecule has 2 aromatic rings. The van der Waals surface area contributed by atoms with Crippen LogP contribution in [0.2, 0.25) is 0 Å². The van der Waals surface area contributed by atoms with E-state index in [-0.39, 0.29) is 24.9 Å². The van der Waals surface area contributed by atoms with E-state index in [0.29, 0.717) is 32.0 Å². The van der Waals surface area contributed by atoms with Crippen molar-refractivity contribution in [2.24, 2.45) is 11.3 Å². The van der Waals surface area contributed by atoms with Gasteiger partial charge in [-0.1, -0.05) is 0 Å².